The number of benzene rings is 1. The molecule has 1 aromatic heterocycles. The lowest BCUT2D eigenvalue weighted by atomic mass is 10.2. The van der Waals surface area contributed by atoms with Gasteiger partial charge < -0.3 is 10.1 Å². The monoisotopic (exact) mass is 277 g/mol. The zero-order chi connectivity index (χ0) is 13.3. The maximum Gasteiger partial charge on any atom is 0.293 e. The van der Waals surface area contributed by atoms with Crippen molar-refractivity contribution in [1.82, 2.24) is 14.7 Å². The van der Waals surface area contributed by atoms with E-state index >= 15 is 0 Å². The van der Waals surface area contributed by atoms with E-state index in [0.29, 0.717) is 11.8 Å². The van der Waals surface area contributed by atoms with Crippen LogP contribution in [0.5, 0.6) is 5.19 Å². The second kappa shape index (κ2) is 7.86. The van der Waals surface area contributed by atoms with Crippen molar-refractivity contribution in [3.05, 3.63) is 41.7 Å². The van der Waals surface area contributed by atoms with E-state index in [-0.39, 0.29) is 0 Å². The molecule has 0 bridgehead atoms. The highest BCUT2D eigenvalue weighted by Crippen LogP contribution is 2.14. The van der Waals surface area contributed by atoms with E-state index in [0.717, 1.165) is 31.8 Å². The fourth-order valence-electron chi connectivity index (χ4n) is 1.63. The molecule has 1 heterocycles. The molecule has 0 amide bonds. The van der Waals surface area contributed by atoms with Crippen molar-refractivity contribution in [2.45, 2.75) is 26.3 Å². The Morgan fingerprint density at radius 3 is 2.84 bits per heavy atom. The average molecular weight is 277 g/mol. The number of nitrogens with zero attached hydrogens (tertiary/aromatic N) is 2. The van der Waals surface area contributed by atoms with Gasteiger partial charge in [-0.3, -0.25) is 0 Å². The smallest absolute Gasteiger partial charge is 0.293 e. The molecule has 4 nitrogen and oxygen atoms in total. The molecule has 0 saturated carbocycles. The minimum absolute atomic E-state index is 0.680. The molecule has 0 atom stereocenters. The third kappa shape index (κ3) is 4.96. The summed E-state index contributed by atoms with van der Waals surface area (Å²) in [7, 11) is 0. The highest BCUT2D eigenvalue weighted by Gasteiger charge is 2.02. The first-order chi connectivity index (χ1) is 9.38. The molecule has 0 aliphatic heterocycles. The van der Waals surface area contributed by atoms with Gasteiger partial charge in [-0.25, -0.2) is 0 Å². The van der Waals surface area contributed by atoms with Crippen LogP contribution in [0.2, 0.25) is 0 Å². The number of ether oxygens (including phenoxy) is 1. The molecular weight excluding hydrogens is 258 g/mol. The van der Waals surface area contributed by atoms with Gasteiger partial charge in [0, 0.05) is 24.5 Å². The third-order valence-corrected chi connectivity index (χ3v) is 3.33. The number of hydrogen-bond acceptors (Lipinski definition) is 5. The van der Waals surface area contributed by atoms with E-state index in [9.17, 15) is 0 Å². The van der Waals surface area contributed by atoms with Gasteiger partial charge in [0.25, 0.3) is 5.19 Å². The van der Waals surface area contributed by atoms with Crippen LogP contribution < -0.4 is 10.1 Å². The van der Waals surface area contributed by atoms with Crippen LogP contribution in [0.4, 0.5) is 0 Å². The molecule has 1 N–H and O–H groups in total. The minimum Gasteiger partial charge on any atom is -0.469 e. The van der Waals surface area contributed by atoms with Crippen molar-refractivity contribution in [3.8, 4) is 5.19 Å². The van der Waals surface area contributed by atoms with E-state index in [1.165, 1.54) is 17.1 Å². The fourth-order valence-corrected chi connectivity index (χ4v) is 2.26. The summed E-state index contributed by atoms with van der Waals surface area (Å²) in [5.74, 6) is 0.863. The standard InChI is InChI=1S/C14H19N3OS/c1-2-13-16-14(19-17-13)18-10-6-9-15-11-12-7-4-3-5-8-12/h3-5,7-8,15H,2,6,9-11H2,1H3. The minimum atomic E-state index is 0.680. The van der Waals surface area contributed by atoms with Crippen molar-refractivity contribution in [2.75, 3.05) is 13.2 Å². The topological polar surface area (TPSA) is 47.0 Å². The molecule has 0 radical (unpaired) electrons. The number of hydrogen-bond donors (Lipinski definition) is 1. The van der Waals surface area contributed by atoms with Crippen LogP contribution in [-0.4, -0.2) is 22.5 Å². The Kier molecular flexibility index (Phi) is 5.78. The molecule has 0 fully saturated rings. The van der Waals surface area contributed by atoms with Gasteiger partial charge in [0.05, 0.1) is 6.61 Å². The van der Waals surface area contributed by atoms with E-state index in [1.807, 2.05) is 13.0 Å². The molecule has 0 unspecified atom stereocenters. The van der Waals surface area contributed by atoms with Crippen LogP contribution in [-0.2, 0) is 13.0 Å². The number of nitrogens with one attached hydrogen (secondary N) is 1. The maximum absolute atomic E-state index is 5.55. The van der Waals surface area contributed by atoms with Gasteiger partial charge in [0.15, 0.2) is 0 Å². The van der Waals surface area contributed by atoms with E-state index in [2.05, 4.69) is 38.9 Å². The lowest BCUT2D eigenvalue weighted by Gasteiger charge is -2.05. The zero-order valence-corrected chi connectivity index (χ0v) is 11.9. The number of rotatable bonds is 8. The Bertz CT molecular complexity index is 473. The Morgan fingerprint density at radius 1 is 1.26 bits per heavy atom. The molecule has 0 saturated heterocycles. The normalized spacial score (nSPS) is 10.6. The SMILES string of the molecule is CCc1nsc(OCCCNCc2ccccc2)n1. The van der Waals surface area contributed by atoms with Gasteiger partial charge in [-0.15, -0.1) is 0 Å². The summed E-state index contributed by atoms with van der Waals surface area (Å²) >= 11 is 1.33. The highest BCUT2D eigenvalue weighted by atomic mass is 32.1. The lowest BCUT2D eigenvalue weighted by Crippen LogP contribution is -2.16. The molecule has 19 heavy (non-hydrogen) atoms. The van der Waals surface area contributed by atoms with Crippen LogP contribution in [0.25, 0.3) is 0 Å². The van der Waals surface area contributed by atoms with Crippen LogP contribution in [0.15, 0.2) is 30.3 Å². The summed E-state index contributed by atoms with van der Waals surface area (Å²) in [6.07, 6.45) is 1.83. The van der Waals surface area contributed by atoms with Crippen LogP contribution in [0.3, 0.4) is 0 Å². The zero-order valence-electron chi connectivity index (χ0n) is 11.1. The second-order valence-corrected chi connectivity index (χ2v) is 4.91. The molecule has 0 aliphatic rings. The molecule has 102 valence electrons. The Balaban J connectivity index is 1.55. The van der Waals surface area contributed by atoms with Crippen molar-refractivity contribution in [1.29, 1.82) is 0 Å². The molecular formula is C14H19N3OS. The molecule has 0 spiro atoms. The molecule has 2 rings (SSSR count). The van der Waals surface area contributed by atoms with Gasteiger partial charge in [-0.2, -0.15) is 9.36 Å². The van der Waals surface area contributed by atoms with Gasteiger partial charge in [0.2, 0.25) is 0 Å². The van der Waals surface area contributed by atoms with Gasteiger partial charge in [-0.05, 0) is 18.5 Å². The van der Waals surface area contributed by atoms with Crippen molar-refractivity contribution in [2.24, 2.45) is 0 Å². The summed E-state index contributed by atoms with van der Waals surface area (Å²) in [5.41, 5.74) is 1.31. The van der Waals surface area contributed by atoms with Crippen LogP contribution in [0, 0.1) is 0 Å². The predicted molar refractivity (Wildman–Crippen MR) is 77.5 cm³/mol. The first kappa shape index (κ1) is 14.0. The van der Waals surface area contributed by atoms with Crippen molar-refractivity contribution < 1.29 is 4.74 Å². The van der Waals surface area contributed by atoms with Crippen LogP contribution in [0.1, 0.15) is 24.7 Å². The summed E-state index contributed by atoms with van der Waals surface area (Å²) in [5, 5.41) is 4.07. The molecule has 1 aromatic carbocycles. The van der Waals surface area contributed by atoms with E-state index in [1.54, 1.807) is 0 Å². The number of aromatic nitrogens is 2. The average Bonchev–Trinajstić information content (AvgIpc) is 2.92. The predicted octanol–water partition coefficient (Wildman–Crippen LogP) is 2.66. The van der Waals surface area contributed by atoms with Gasteiger partial charge in [-0.1, -0.05) is 37.3 Å². The van der Waals surface area contributed by atoms with Crippen LogP contribution >= 0.6 is 11.5 Å². The van der Waals surface area contributed by atoms with E-state index < -0.39 is 0 Å². The Hall–Kier alpha value is -1.46. The summed E-state index contributed by atoms with van der Waals surface area (Å²) in [6.45, 7) is 4.56. The van der Waals surface area contributed by atoms with E-state index in [4.69, 9.17) is 4.74 Å². The third-order valence-electron chi connectivity index (χ3n) is 2.66. The fraction of sp³-hybridized carbons (Fsp3) is 0.429. The largest absolute Gasteiger partial charge is 0.469 e. The lowest BCUT2D eigenvalue weighted by molar-refractivity contribution is 0.306. The van der Waals surface area contributed by atoms with Gasteiger partial charge >= 0.3 is 0 Å². The number of aryl methyl sites for hydroxylation is 1. The molecule has 5 heteroatoms. The quantitative estimate of drug-likeness (QED) is 0.754. The molecule has 2 aromatic rings. The molecule has 0 aliphatic carbocycles. The van der Waals surface area contributed by atoms with Crippen molar-refractivity contribution >= 4 is 11.5 Å². The Morgan fingerprint density at radius 2 is 2.11 bits per heavy atom. The summed E-state index contributed by atoms with van der Waals surface area (Å²) in [4.78, 5) is 4.26. The summed E-state index contributed by atoms with van der Waals surface area (Å²) in [6, 6.07) is 10.4. The highest BCUT2D eigenvalue weighted by molar-refractivity contribution is 7.07. The van der Waals surface area contributed by atoms with Crippen molar-refractivity contribution in [3.63, 3.8) is 0 Å². The van der Waals surface area contributed by atoms with Gasteiger partial charge in [0.1, 0.15) is 5.82 Å². The second-order valence-electron chi connectivity index (χ2n) is 4.19. The summed E-state index contributed by atoms with van der Waals surface area (Å²) < 4.78 is 9.73. The Labute approximate surface area is 118 Å². The maximum atomic E-state index is 5.55. The first-order valence-corrected chi connectivity index (χ1v) is 7.36. The first-order valence-electron chi connectivity index (χ1n) is 6.58.